The first-order chi connectivity index (χ1) is 13.0. The first-order valence-electron chi connectivity index (χ1n) is 10.1. The molecule has 3 rings (SSSR count). The van der Waals surface area contributed by atoms with Crippen molar-refractivity contribution in [1.82, 2.24) is 14.7 Å². The van der Waals surface area contributed by atoms with Crippen molar-refractivity contribution in [2.75, 3.05) is 45.9 Å². The maximum Gasteiger partial charge on any atom is 0.219 e. The lowest BCUT2D eigenvalue weighted by atomic mass is 10.1. The van der Waals surface area contributed by atoms with Crippen LogP contribution in [-0.4, -0.2) is 66.5 Å². The Hall–Kier alpha value is -1.85. The van der Waals surface area contributed by atoms with Crippen molar-refractivity contribution < 1.29 is 9.53 Å². The van der Waals surface area contributed by atoms with Crippen LogP contribution in [0.15, 0.2) is 30.4 Å². The van der Waals surface area contributed by atoms with Crippen LogP contribution in [0.25, 0.3) is 0 Å². The van der Waals surface area contributed by atoms with E-state index in [-0.39, 0.29) is 5.91 Å². The molecule has 2 aliphatic rings. The summed E-state index contributed by atoms with van der Waals surface area (Å²) in [5.74, 6) is 1.80. The molecule has 1 saturated heterocycles. The summed E-state index contributed by atoms with van der Waals surface area (Å²) in [5.41, 5.74) is 2.61. The van der Waals surface area contributed by atoms with Gasteiger partial charge in [0.1, 0.15) is 12.4 Å². The number of amides is 1. The van der Waals surface area contributed by atoms with E-state index in [4.69, 9.17) is 4.74 Å². The van der Waals surface area contributed by atoms with Crippen molar-refractivity contribution >= 4 is 5.91 Å². The number of benzene rings is 1. The van der Waals surface area contributed by atoms with Gasteiger partial charge in [0.15, 0.2) is 0 Å². The molecular formula is C22H33N3O2. The molecule has 1 aromatic rings. The zero-order valence-corrected chi connectivity index (χ0v) is 17.0. The summed E-state index contributed by atoms with van der Waals surface area (Å²) in [6.45, 7) is 14.2. The average molecular weight is 372 g/mol. The van der Waals surface area contributed by atoms with E-state index in [0.717, 1.165) is 64.7 Å². The first-order valence-corrected chi connectivity index (χ1v) is 10.1. The summed E-state index contributed by atoms with van der Waals surface area (Å²) in [5, 5.41) is 0. The number of ether oxygens (including phenoxy) is 1. The summed E-state index contributed by atoms with van der Waals surface area (Å²) >= 11 is 0. The van der Waals surface area contributed by atoms with Gasteiger partial charge in [-0.05, 0) is 23.6 Å². The molecule has 5 heteroatoms. The average Bonchev–Trinajstić information content (AvgIpc) is 2.83. The van der Waals surface area contributed by atoms with E-state index in [9.17, 15) is 4.79 Å². The van der Waals surface area contributed by atoms with Crippen LogP contribution in [0.3, 0.4) is 0 Å². The lowest BCUT2D eigenvalue weighted by molar-refractivity contribution is -0.130. The molecule has 148 valence electrons. The fourth-order valence-electron chi connectivity index (χ4n) is 3.72. The molecule has 0 N–H and O–H groups in total. The van der Waals surface area contributed by atoms with Gasteiger partial charge in [0, 0.05) is 64.8 Å². The van der Waals surface area contributed by atoms with E-state index in [1.807, 2.05) is 4.90 Å². The number of piperazine rings is 1. The second-order valence-electron chi connectivity index (χ2n) is 7.98. The smallest absolute Gasteiger partial charge is 0.219 e. The molecule has 0 saturated carbocycles. The molecule has 0 aliphatic carbocycles. The molecule has 27 heavy (non-hydrogen) atoms. The van der Waals surface area contributed by atoms with Gasteiger partial charge in [-0.2, -0.15) is 0 Å². The summed E-state index contributed by atoms with van der Waals surface area (Å²) < 4.78 is 5.97. The minimum absolute atomic E-state index is 0.184. The molecule has 0 unspecified atom stereocenters. The lowest BCUT2D eigenvalue weighted by Gasteiger charge is -2.34. The number of carbonyl (C=O) groups excluding carboxylic acids is 1. The number of carbonyl (C=O) groups is 1. The zero-order chi connectivity index (χ0) is 19.2. The zero-order valence-electron chi connectivity index (χ0n) is 17.0. The van der Waals surface area contributed by atoms with E-state index in [2.05, 4.69) is 54.0 Å². The topological polar surface area (TPSA) is 36.0 Å². The quantitative estimate of drug-likeness (QED) is 0.746. The van der Waals surface area contributed by atoms with Crippen molar-refractivity contribution in [2.24, 2.45) is 5.92 Å². The van der Waals surface area contributed by atoms with E-state index in [1.165, 1.54) is 11.1 Å². The number of nitrogens with zero attached hydrogens (tertiary/aromatic N) is 3. The van der Waals surface area contributed by atoms with E-state index in [0.29, 0.717) is 5.92 Å². The molecule has 2 heterocycles. The lowest BCUT2D eigenvalue weighted by Crippen LogP contribution is -2.47. The minimum Gasteiger partial charge on any atom is -0.492 e. The van der Waals surface area contributed by atoms with Gasteiger partial charge in [-0.1, -0.05) is 32.1 Å². The fourth-order valence-corrected chi connectivity index (χ4v) is 3.72. The van der Waals surface area contributed by atoms with Crippen molar-refractivity contribution in [3.8, 4) is 5.75 Å². The SMILES string of the molecule is CC(=O)N1CCN(Cc2ccc3c(c2)CN(CC=CC(C)C)CCO3)CC1. The molecule has 1 aromatic carbocycles. The minimum atomic E-state index is 0.184. The molecule has 0 spiro atoms. The van der Waals surface area contributed by atoms with E-state index >= 15 is 0 Å². The van der Waals surface area contributed by atoms with Crippen LogP contribution in [0.4, 0.5) is 0 Å². The Bertz CT molecular complexity index is 664. The van der Waals surface area contributed by atoms with Crippen LogP contribution >= 0.6 is 0 Å². The molecule has 2 aliphatic heterocycles. The van der Waals surface area contributed by atoms with Gasteiger partial charge < -0.3 is 9.64 Å². The van der Waals surface area contributed by atoms with Crippen molar-refractivity contribution in [2.45, 2.75) is 33.9 Å². The van der Waals surface area contributed by atoms with Gasteiger partial charge in [0.05, 0.1) is 0 Å². The van der Waals surface area contributed by atoms with Crippen LogP contribution in [0, 0.1) is 5.92 Å². The highest BCUT2D eigenvalue weighted by molar-refractivity contribution is 5.73. The van der Waals surface area contributed by atoms with Gasteiger partial charge in [0.25, 0.3) is 0 Å². The summed E-state index contributed by atoms with van der Waals surface area (Å²) in [7, 11) is 0. The predicted molar refractivity (Wildman–Crippen MR) is 109 cm³/mol. The standard InChI is InChI=1S/C22H33N3O2/c1-18(2)5-4-8-23-13-14-27-22-7-6-20(15-21(22)17-23)16-24-9-11-25(12-10-24)19(3)26/h4-7,15,18H,8-14,16-17H2,1-3H3. The Morgan fingerprint density at radius 1 is 1.15 bits per heavy atom. The summed E-state index contributed by atoms with van der Waals surface area (Å²) in [6, 6.07) is 6.62. The van der Waals surface area contributed by atoms with Crippen LogP contribution in [0.2, 0.25) is 0 Å². The van der Waals surface area contributed by atoms with Gasteiger partial charge in [0.2, 0.25) is 5.91 Å². The summed E-state index contributed by atoms with van der Waals surface area (Å²) in [4.78, 5) is 18.3. The molecule has 5 nitrogen and oxygen atoms in total. The van der Waals surface area contributed by atoms with Gasteiger partial charge in [-0.15, -0.1) is 0 Å². The Labute approximate surface area is 163 Å². The highest BCUT2D eigenvalue weighted by Gasteiger charge is 2.20. The highest BCUT2D eigenvalue weighted by Crippen LogP contribution is 2.25. The van der Waals surface area contributed by atoms with Crippen molar-refractivity contribution in [3.63, 3.8) is 0 Å². The first kappa shape index (κ1) is 19.9. The van der Waals surface area contributed by atoms with Crippen LogP contribution in [0.1, 0.15) is 31.9 Å². The van der Waals surface area contributed by atoms with Crippen LogP contribution in [-0.2, 0) is 17.9 Å². The van der Waals surface area contributed by atoms with E-state index in [1.54, 1.807) is 6.92 Å². The van der Waals surface area contributed by atoms with E-state index < -0.39 is 0 Å². The molecule has 0 bridgehead atoms. The van der Waals surface area contributed by atoms with Gasteiger partial charge in [-0.3, -0.25) is 14.6 Å². The number of allylic oxidation sites excluding steroid dienone is 1. The number of rotatable bonds is 5. The number of hydrogen-bond donors (Lipinski definition) is 0. The Morgan fingerprint density at radius 2 is 1.93 bits per heavy atom. The number of fused-ring (bicyclic) bond motifs is 1. The fraction of sp³-hybridized carbons (Fsp3) is 0.591. The molecular weight excluding hydrogens is 338 g/mol. The Morgan fingerprint density at radius 3 is 2.63 bits per heavy atom. The summed E-state index contributed by atoms with van der Waals surface area (Å²) in [6.07, 6.45) is 4.54. The second-order valence-corrected chi connectivity index (χ2v) is 7.98. The Balaban J connectivity index is 1.60. The number of hydrogen-bond acceptors (Lipinski definition) is 4. The predicted octanol–water partition coefficient (Wildman–Crippen LogP) is 2.76. The molecule has 1 fully saturated rings. The third-order valence-electron chi connectivity index (χ3n) is 5.29. The maximum atomic E-state index is 11.5. The maximum absolute atomic E-state index is 11.5. The largest absolute Gasteiger partial charge is 0.492 e. The second kappa shape index (κ2) is 9.38. The highest BCUT2D eigenvalue weighted by atomic mass is 16.5. The third-order valence-corrected chi connectivity index (χ3v) is 5.29. The molecule has 0 radical (unpaired) electrons. The van der Waals surface area contributed by atoms with Crippen LogP contribution in [0.5, 0.6) is 5.75 Å². The normalized spacial score (nSPS) is 19.2. The van der Waals surface area contributed by atoms with Crippen molar-refractivity contribution in [3.05, 3.63) is 41.5 Å². The monoisotopic (exact) mass is 371 g/mol. The van der Waals surface area contributed by atoms with Crippen LogP contribution < -0.4 is 4.74 Å². The van der Waals surface area contributed by atoms with Gasteiger partial charge >= 0.3 is 0 Å². The Kier molecular flexibility index (Phi) is 6.91. The molecule has 1 amide bonds. The van der Waals surface area contributed by atoms with Gasteiger partial charge in [-0.25, -0.2) is 0 Å². The molecule has 0 aromatic heterocycles. The van der Waals surface area contributed by atoms with Crippen molar-refractivity contribution in [1.29, 1.82) is 0 Å². The molecule has 0 atom stereocenters. The third kappa shape index (κ3) is 5.81.